The molecule has 4 heteroatoms. The van der Waals surface area contributed by atoms with E-state index in [0.717, 1.165) is 5.56 Å². The van der Waals surface area contributed by atoms with Gasteiger partial charge in [0.25, 0.3) is 0 Å². The maximum Gasteiger partial charge on any atom is 0.137 e. The molecule has 3 nitrogen and oxygen atoms in total. The van der Waals surface area contributed by atoms with Gasteiger partial charge in [-0.3, -0.25) is 4.90 Å². The Kier molecular flexibility index (Phi) is 4.39. The van der Waals surface area contributed by atoms with E-state index in [1.807, 2.05) is 37.2 Å². The fourth-order valence-corrected chi connectivity index (χ4v) is 1.75. The Hall–Kier alpha value is -0.770. The molecule has 1 aromatic rings. The highest BCUT2D eigenvalue weighted by atomic mass is 35.5. The van der Waals surface area contributed by atoms with Gasteiger partial charge in [-0.1, -0.05) is 17.7 Å². The molecule has 0 aliphatic heterocycles. The van der Waals surface area contributed by atoms with Crippen molar-refractivity contribution in [2.75, 3.05) is 28.3 Å². The first-order chi connectivity index (χ1) is 7.10. The number of halogens is 1. The molecule has 84 valence electrons. The van der Waals surface area contributed by atoms with Crippen LogP contribution < -0.4 is 4.74 Å². The van der Waals surface area contributed by atoms with Crippen molar-refractivity contribution in [3.63, 3.8) is 0 Å². The maximum absolute atomic E-state index is 6.04. The first kappa shape index (κ1) is 12.3. The first-order valence-electron chi connectivity index (χ1n) is 4.62. The summed E-state index contributed by atoms with van der Waals surface area (Å²) >= 11 is 6.04. The zero-order valence-corrected chi connectivity index (χ0v) is 10.2. The smallest absolute Gasteiger partial charge is 0.137 e. The maximum atomic E-state index is 6.04. The van der Waals surface area contributed by atoms with Gasteiger partial charge in [0.05, 0.1) is 12.1 Å². The van der Waals surface area contributed by atoms with Crippen molar-refractivity contribution in [1.82, 2.24) is 4.90 Å². The molecule has 0 saturated carbocycles. The van der Waals surface area contributed by atoms with Gasteiger partial charge in [0, 0.05) is 7.11 Å². The van der Waals surface area contributed by atoms with Gasteiger partial charge in [-0.2, -0.15) is 0 Å². The summed E-state index contributed by atoms with van der Waals surface area (Å²) in [6, 6.07) is 5.64. The van der Waals surface area contributed by atoms with Crippen molar-refractivity contribution in [1.29, 1.82) is 0 Å². The first-order valence-corrected chi connectivity index (χ1v) is 5.00. The van der Waals surface area contributed by atoms with Crippen molar-refractivity contribution in [2.45, 2.75) is 6.23 Å². The number of rotatable bonds is 4. The zero-order chi connectivity index (χ0) is 11.4. The molecule has 0 fully saturated rings. The summed E-state index contributed by atoms with van der Waals surface area (Å²) in [5.41, 5.74) is 1.01. The standard InChI is InChI=1S/C11H16ClNO2/c1-13(2)11(15-4)8-5-6-10(14-3)9(12)7-8/h5-7,11H,1-4H3. The minimum absolute atomic E-state index is 0.0894. The van der Waals surface area contributed by atoms with Crippen LogP contribution in [0.3, 0.4) is 0 Å². The van der Waals surface area contributed by atoms with E-state index in [2.05, 4.69) is 0 Å². The Balaban J connectivity index is 3.00. The topological polar surface area (TPSA) is 21.7 Å². The Morgan fingerprint density at radius 2 is 1.93 bits per heavy atom. The summed E-state index contributed by atoms with van der Waals surface area (Å²) in [5, 5.41) is 0.596. The molecule has 1 aromatic carbocycles. The van der Waals surface area contributed by atoms with Gasteiger partial charge in [-0.05, 0) is 31.8 Å². The van der Waals surface area contributed by atoms with Crippen molar-refractivity contribution in [2.24, 2.45) is 0 Å². The third-order valence-electron chi connectivity index (χ3n) is 2.15. The number of hydrogen-bond acceptors (Lipinski definition) is 3. The van der Waals surface area contributed by atoms with Crippen LogP contribution in [-0.2, 0) is 4.74 Å². The molecule has 0 saturated heterocycles. The van der Waals surface area contributed by atoms with Gasteiger partial charge in [0.15, 0.2) is 0 Å². The second-order valence-corrected chi connectivity index (χ2v) is 3.85. The minimum atomic E-state index is -0.0894. The zero-order valence-electron chi connectivity index (χ0n) is 9.45. The highest BCUT2D eigenvalue weighted by Crippen LogP contribution is 2.29. The fourth-order valence-electron chi connectivity index (χ4n) is 1.48. The predicted octanol–water partition coefficient (Wildman–Crippen LogP) is 2.56. The lowest BCUT2D eigenvalue weighted by Gasteiger charge is -2.23. The van der Waals surface area contributed by atoms with Crippen molar-refractivity contribution in [3.05, 3.63) is 28.8 Å². The number of ether oxygens (including phenoxy) is 2. The molecule has 15 heavy (non-hydrogen) atoms. The van der Waals surface area contributed by atoms with Gasteiger partial charge in [0.2, 0.25) is 0 Å². The van der Waals surface area contributed by atoms with E-state index in [9.17, 15) is 0 Å². The van der Waals surface area contributed by atoms with Crippen molar-refractivity contribution >= 4 is 11.6 Å². The Morgan fingerprint density at radius 3 is 2.33 bits per heavy atom. The van der Waals surface area contributed by atoms with E-state index in [0.29, 0.717) is 10.8 Å². The normalized spacial score (nSPS) is 12.9. The van der Waals surface area contributed by atoms with Crippen LogP contribution in [0.15, 0.2) is 18.2 Å². The van der Waals surface area contributed by atoms with Gasteiger partial charge >= 0.3 is 0 Å². The fraction of sp³-hybridized carbons (Fsp3) is 0.455. The Labute approximate surface area is 95.5 Å². The largest absolute Gasteiger partial charge is 0.495 e. The van der Waals surface area contributed by atoms with Crippen LogP contribution in [-0.4, -0.2) is 33.2 Å². The van der Waals surface area contributed by atoms with Crippen LogP contribution in [0.4, 0.5) is 0 Å². The quantitative estimate of drug-likeness (QED) is 0.741. The second kappa shape index (κ2) is 5.35. The molecule has 0 radical (unpaired) electrons. The average molecular weight is 230 g/mol. The van der Waals surface area contributed by atoms with Crippen LogP contribution >= 0.6 is 11.6 Å². The SMILES string of the molecule is COc1ccc(C(OC)N(C)C)cc1Cl. The Bertz CT molecular complexity index is 328. The number of benzene rings is 1. The van der Waals surface area contributed by atoms with Gasteiger partial charge in [-0.25, -0.2) is 0 Å². The number of methoxy groups -OCH3 is 2. The molecule has 0 bridgehead atoms. The van der Waals surface area contributed by atoms with Crippen LogP contribution in [0.5, 0.6) is 5.75 Å². The molecule has 0 spiro atoms. The van der Waals surface area contributed by atoms with Crippen LogP contribution in [0.25, 0.3) is 0 Å². The van der Waals surface area contributed by atoms with Crippen molar-refractivity contribution < 1.29 is 9.47 Å². The molecule has 0 N–H and O–H groups in total. The van der Waals surface area contributed by atoms with E-state index in [4.69, 9.17) is 21.1 Å². The van der Waals surface area contributed by atoms with Gasteiger partial charge < -0.3 is 9.47 Å². The molecule has 0 aliphatic carbocycles. The number of hydrogen-bond donors (Lipinski definition) is 0. The highest BCUT2D eigenvalue weighted by molar-refractivity contribution is 6.32. The Morgan fingerprint density at radius 1 is 1.27 bits per heavy atom. The summed E-state index contributed by atoms with van der Waals surface area (Å²) in [7, 11) is 7.17. The summed E-state index contributed by atoms with van der Waals surface area (Å²) in [4.78, 5) is 1.97. The molecule has 0 amide bonds. The molecule has 1 unspecified atom stereocenters. The molecular formula is C11H16ClNO2. The van der Waals surface area contributed by atoms with Gasteiger partial charge in [-0.15, -0.1) is 0 Å². The summed E-state index contributed by atoms with van der Waals surface area (Å²) in [6.45, 7) is 0. The highest BCUT2D eigenvalue weighted by Gasteiger charge is 2.14. The van der Waals surface area contributed by atoms with E-state index >= 15 is 0 Å². The lowest BCUT2D eigenvalue weighted by atomic mass is 10.2. The summed E-state index contributed by atoms with van der Waals surface area (Å²) in [5.74, 6) is 0.675. The van der Waals surface area contributed by atoms with Crippen LogP contribution in [0.1, 0.15) is 11.8 Å². The molecular weight excluding hydrogens is 214 g/mol. The molecule has 1 atom stereocenters. The summed E-state index contributed by atoms with van der Waals surface area (Å²) in [6.07, 6.45) is -0.0894. The molecule has 0 aliphatic rings. The third-order valence-corrected chi connectivity index (χ3v) is 2.45. The van der Waals surface area contributed by atoms with Crippen molar-refractivity contribution in [3.8, 4) is 5.75 Å². The lowest BCUT2D eigenvalue weighted by Crippen LogP contribution is -2.21. The second-order valence-electron chi connectivity index (χ2n) is 3.45. The van der Waals surface area contributed by atoms with Gasteiger partial charge in [0.1, 0.15) is 12.0 Å². The molecule has 1 rings (SSSR count). The lowest BCUT2D eigenvalue weighted by molar-refractivity contribution is -0.00542. The molecule has 0 heterocycles. The average Bonchev–Trinajstić information content (AvgIpc) is 2.18. The molecule has 0 aromatic heterocycles. The summed E-state index contributed by atoms with van der Waals surface area (Å²) < 4.78 is 10.4. The van der Waals surface area contributed by atoms with Crippen LogP contribution in [0.2, 0.25) is 5.02 Å². The van der Waals surface area contributed by atoms with Crippen LogP contribution in [0, 0.1) is 0 Å². The van der Waals surface area contributed by atoms with E-state index < -0.39 is 0 Å². The van der Waals surface area contributed by atoms with E-state index in [1.165, 1.54) is 0 Å². The van der Waals surface area contributed by atoms with E-state index in [-0.39, 0.29) is 6.23 Å². The van der Waals surface area contributed by atoms with E-state index in [1.54, 1.807) is 14.2 Å². The minimum Gasteiger partial charge on any atom is -0.495 e. The monoisotopic (exact) mass is 229 g/mol. The third kappa shape index (κ3) is 2.84. The number of nitrogens with zero attached hydrogens (tertiary/aromatic N) is 1. The predicted molar refractivity (Wildman–Crippen MR) is 61.4 cm³/mol.